The normalized spacial score (nSPS) is 12.1. The summed E-state index contributed by atoms with van der Waals surface area (Å²) in [4.78, 5) is 15.1. The van der Waals surface area contributed by atoms with E-state index in [0.717, 1.165) is 5.56 Å². The van der Waals surface area contributed by atoms with Gasteiger partial charge in [-0.2, -0.15) is 0 Å². The van der Waals surface area contributed by atoms with Crippen LogP contribution in [0.3, 0.4) is 0 Å². The molecule has 0 fully saturated rings. The van der Waals surface area contributed by atoms with Crippen LogP contribution >= 0.6 is 0 Å². The van der Waals surface area contributed by atoms with Crippen molar-refractivity contribution in [1.82, 2.24) is 4.98 Å². The average molecular weight is 259 g/mol. The number of rotatable bonds is 5. The van der Waals surface area contributed by atoms with Crippen LogP contribution in [0.15, 0.2) is 48.7 Å². The minimum Gasteiger partial charge on any atom is -0.481 e. The lowest BCUT2D eigenvalue weighted by Crippen LogP contribution is -2.10. The summed E-state index contributed by atoms with van der Waals surface area (Å²) in [7, 11) is 0. The van der Waals surface area contributed by atoms with Gasteiger partial charge in [0.15, 0.2) is 0 Å². The third-order valence-electron chi connectivity index (χ3n) is 2.90. The van der Waals surface area contributed by atoms with Crippen molar-refractivity contribution >= 4 is 5.97 Å². The second-order valence-corrected chi connectivity index (χ2v) is 4.38. The molecule has 19 heavy (non-hydrogen) atoms. The summed E-state index contributed by atoms with van der Waals surface area (Å²) >= 11 is 0. The van der Waals surface area contributed by atoms with E-state index in [4.69, 9.17) is 5.11 Å². The monoisotopic (exact) mass is 259 g/mol. The highest BCUT2D eigenvalue weighted by Crippen LogP contribution is 2.23. The van der Waals surface area contributed by atoms with Crippen LogP contribution in [0.1, 0.15) is 23.6 Å². The second kappa shape index (κ2) is 6.09. The van der Waals surface area contributed by atoms with Gasteiger partial charge in [-0.25, -0.2) is 4.39 Å². The van der Waals surface area contributed by atoms with Gasteiger partial charge in [-0.05, 0) is 36.2 Å². The number of aliphatic carboxylic acids is 1. The Morgan fingerprint density at radius 3 is 2.74 bits per heavy atom. The third kappa shape index (κ3) is 3.88. The molecule has 1 aromatic heterocycles. The fourth-order valence-corrected chi connectivity index (χ4v) is 2.06. The highest BCUT2D eigenvalue weighted by molar-refractivity contribution is 5.68. The SMILES string of the molecule is O=C(O)CC(Cc1cccc(F)c1)c1ccccn1. The molecular formula is C15H14FNO2. The minimum atomic E-state index is -0.882. The lowest BCUT2D eigenvalue weighted by Gasteiger charge is -2.14. The molecule has 3 nitrogen and oxygen atoms in total. The van der Waals surface area contributed by atoms with Gasteiger partial charge >= 0.3 is 5.97 Å². The average Bonchev–Trinajstić information content (AvgIpc) is 2.38. The zero-order valence-electron chi connectivity index (χ0n) is 10.3. The Kier molecular flexibility index (Phi) is 4.23. The Hall–Kier alpha value is -2.23. The first-order valence-corrected chi connectivity index (χ1v) is 6.02. The molecule has 2 rings (SSSR count). The molecule has 0 saturated heterocycles. The number of carboxylic acids is 1. The zero-order chi connectivity index (χ0) is 13.7. The molecule has 0 bridgehead atoms. The largest absolute Gasteiger partial charge is 0.481 e. The Balaban J connectivity index is 2.21. The predicted molar refractivity (Wildman–Crippen MR) is 69.3 cm³/mol. The molecule has 1 heterocycles. The van der Waals surface area contributed by atoms with E-state index in [-0.39, 0.29) is 18.2 Å². The van der Waals surface area contributed by atoms with Gasteiger partial charge < -0.3 is 5.11 Å². The topological polar surface area (TPSA) is 50.2 Å². The van der Waals surface area contributed by atoms with E-state index in [1.54, 1.807) is 30.5 Å². The summed E-state index contributed by atoms with van der Waals surface area (Å²) < 4.78 is 13.2. The lowest BCUT2D eigenvalue weighted by atomic mass is 9.92. The molecule has 0 amide bonds. The number of carboxylic acid groups (broad SMARTS) is 1. The van der Waals surface area contributed by atoms with Crippen molar-refractivity contribution in [2.45, 2.75) is 18.8 Å². The van der Waals surface area contributed by atoms with E-state index in [0.29, 0.717) is 12.1 Å². The summed E-state index contributed by atoms with van der Waals surface area (Å²) in [5, 5.41) is 8.98. The van der Waals surface area contributed by atoms with Crippen LogP contribution in [0.25, 0.3) is 0 Å². The van der Waals surface area contributed by atoms with Gasteiger partial charge in [0.05, 0.1) is 6.42 Å². The zero-order valence-corrected chi connectivity index (χ0v) is 10.3. The molecule has 0 spiro atoms. The van der Waals surface area contributed by atoms with E-state index in [1.165, 1.54) is 12.1 Å². The van der Waals surface area contributed by atoms with Gasteiger partial charge in [0, 0.05) is 17.8 Å². The first-order valence-electron chi connectivity index (χ1n) is 6.02. The van der Waals surface area contributed by atoms with Gasteiger partial charge in [0.2, 0.25) is 0 Å². The Morgan fingerprint density at radius 2 is 2.11 bits per heavy atom. The van der Waals surface area contributed by atoms with Crippen molar-refractivity contribution in [1.29, 1.82) is 0 Å². The van der Waals surface area contributed by atoms with Crippen LogP contribution in [0, 0.1) is 5.82 Å². The van der Waals surface area contributed by atoms with Crippen molar-refractivity contribution in [3.8, 4) is 0 Å². The van der Waals surface area contributed by atoms with Crippen LogP contribution in [0.4, 0.5) is 4.39 Å². The maximum atomic E-state index is 13.2. The van der Waals surface area contributed by atoms with E-state index in [2.05, 4.69) is 4.98 Å². The number of carbonyl (C=O) groups is 1. The van der Waals surface area contributed by atoms with Crippen LogP contribution in [0.5, 0.6) is 0 Å². The third-order valence-corrected chi connectivity index (χ3v) is 2.90. The van der Waals surface area contributed by atoms with Crippen molar-refractivity contribution in [2.75, 3.05) is 0 Å². The standard InChI is InChI=1S/C15H14FNO2/c16-13-5-3-4-11(9-13)8-12(10-15(18)19)14-6-1-2-7-17-14/h1-7,9,12H,8,10H2,(H,18,19). The maximum absolute atomic E-state index is 13.2. The molecule has 0 aliphatic rings. The number of halogens is 1. The number of hydrogen-bond acceptors (Lipinski definition) is 2. The van der Waals surface area contributed by atoms with Crippen molar-refractivity contribution < 1.29 is 14.3 Å². The highest BCUT2D eigenvalue weighted by atomic mass is 19.1. The molecule has 98 valence electrons. The molecule has 1 atom stereocenters. The van der Waals surface area contributed by atoms with Gasteiger partial charge in [-0.3, -0.25) is 9.78 Å². The second-order valence-electron chi connectivity index (χ2n) is 4.38. The van der Waals surface area contributed by atoms with Crippen molar-refractivity contribution in [2.24, 2.45) is 0 Å². The fourth-order valence-electron chi connectivity index (χ4n) is 2.06. The van der Waals surface area contributed by atoms with Crippen LogP contribution in [0.2, 0.25) is 0 Å². The first-order chi connectivity index (χ1) is 9.15. The Bertz CT molecular complexity index is 557. The van der Waals surface area contributed by atoms with Gasteiger partial charge in [-0.15, -0.1) is 0 Å². The number of benzene rings is 1. The molecule has 1 N–H and O–H groups in total. The molecular weight excluding hydrogens is 245 g/mol. The van der Waals surface area contributed by atoms with Gasteiger partial charge in [0.25, 0.3) is 0 Å². The summed E-state index contributed by atoms with van der Waals surface area (Å²) in [5.74, 6) is -1.44. The van der Waals surface area contributed by atoms with E-state index in [1.807, 2.05) is 6.07 Å². The number of aromatic nitrogens is 1. The molecule has 4 heteroatoms. The van der Waals surface area contributed by atoms with Crippen LogP contribution < -0.4 is 0 Å². The van der Waals surface area contributed by atoms with E-state index in [9.17, 15) is 9.18 Å². The number of pyridine rings is 1. The summed E-state index contributed by atoms with van der Waals surface area (Å²) in [5.41, 5.74) is 1.49. The maximum Gasteiger partial charge on any atom is 0.304 e. The van der Waals surface area contributed by atoms with E-state index < -0.39 is 5.97 Å². The van der Waals surface area contributed by atoms with Crippen LogP contribution in [-0.4, -0.2) is 16.1 Å². The van der Waals surface area contributed by atoms with Crippen molar-refractivity contribution in [3.63, 3.8) is 0 Å². The molecule has 2 aromatic rings. The Morgan fingerprint density at radius 1 is 1.26 bits per heavy atom. The highest BCUT2D eigenvalue weighted by Gasteiger charge is 2.17. The lowest BCUT2D eigenvalue weighted by molar-refractivity contribution is -0.137. The molecule has 0 aliphatic carbocycles. The Labute approximate surface area is 110 Å². The molecule has 0 aliphatic heterocycles. The molecule has 0 radical (unpaired) electrons. The number of nitrogens with zero attached hydrogens (tertiary/aromatic N) is 1. The summed E-state index contributed by atoms with van der Waals surface area (Å²) in [6.07, 6.45) is 2.07. The van der Waals surface area contributed by atoms with Gasteiger partial charge in [-0.1, -0.05) is 18.2 Å². The quantitative estimate of drug-likeness (QED) is 0.897. The van der Waals surface area contributed by atoms with Crippen molar-refractivity contribution in [3.05, 3.63) is 65.7 Å². The van der Waals surface area contributed by atoms with Gasteiger partial charge in [0.1, 0.15) is 5.82 Å². The van der Waals surface area contributed by atoms with Crippen LogP contribution in [-0.2, 0) is 11.2 Å². The predicted octanol–water partition coefficient (Wildman–Crippen LogP) is 3.02. The summed E-state index contributed by atoms with van der Waals surface area (Å²) in [6.45, 7) is 0. The fraction of sp³-hybridized carbons (Fsp3) is 0.200. The number of hydrogen-bond donors (Lipinski definition) is 1. The first kappa shape index (κ1) is 13.2. The minimum absolute atomic E-state index is 0.0203. The molecule has 1 aromatic carbocycles. The smallest absolute Gasteiger partial charge is 0.304 e. The molecule has 0 saturated carbocycles. The molecule has 1 unspecified atom stereocenters. The summed E-state index contributed by atoms with van der Waals surface area (Å²) in [6, 6.07) is 11.6. The van der Waals surface area contributed by atoms with E-state index >= 15 is 0 Å².